The average molecular weight is 113 g/mol. The molecule has 0 spiro atoms. The summed E-state index contributed by atoms with van der Waals surface area (Å²) in [5.41, 5.74) is 0.604. The van der Waals surface area contributed by atoms with Gasteiger partial charge < -0.3 is 5.11 Å². The highest BCUT2D eigenvalue weighted by Gasteiger charge is 1.91. The van der Waals surface area contributed by atoms with E-state index in [1.54, 1.807) is 7.05 Å². The summed E-state index contributed by atoms with van der Waals surface area (Å²) in [7, 11) is 1.71. The molecule has 1 rings (SSSR count). The van der Waals surface area contributed by atoms with Crippen molar-refractivity contribution in [3.05, 3.63) is 11.9 Å². The predicted molar refractivity (Wildman–Crippen MR) is 26.9 cm³/mol. The Morgan fingerprint density at radius 3 is 2.88 bits per heavy atom. The van der Waals surface area contributed by atoms with Crippen molar-refractivity contribution in [2.24, 2.45) is 7.05 Å². The summed E-state index contributed by atoms with van der Waals surface area (Å²) in [6, 6.07) is 0. The molecule has 8 heavy (non-hydrogen) atoms. The first kappa shape index (κ1) is 5.24. The lowest BCUT2D eigenvalue weighted by Gasteiger charge is -1.80. The third-order valence-electron chi connectivity index (χ3n) is 0.809. The van der Waals surface area contributed by atoms with Gasteiger partial charge in [-0.05, 0) is 0 Å². The Morgan fingerprint density at radius 1 is 1.88 bits per heavy atom. The van der Waals surface area contributed by atoms with Crippen molar-refractivity contribution < 1.29 is 5.11 Å². The standard InChI is InChI=1S/C4H7N3O/c1-7-5-2-4(3-8)6-7/h2,8H,3H2,1H3. The molecular weight excluding hydrogens is 106 g/mol. The van der Waals surface area contributed by atoms with Gasteiger partial charge >= 0.3 is 0 Å². The fraction of sp³-hybridized carbons (Fsp3) is 0.500. The van der Waals surface area contributed by atoms with Crippen molar-refractivity contribution in [2.75, 3.05) is 0 Å². The topological polar surface area (TPSA) is 50.9 Å². The minimum absolute atomic E-state index is 0.0339. The molecule has 0 fully saturated rings. The van der Waals surface area contributed by atoms with Crippen LogP contribution in [-0.2, 0) is 13.7 Å². The molecule has 1 aromatic rings. The molecule has 0 saturated heterocycles. The fourth-order valence-corrected chi connectivity index (χ4v) is 0.460. The molecule has 1 N–H and O–H groups in total. The van der Waals surface area contributed by atoms with Crippen LogP contribution < -0.4 is 0 Å². The summed E-state index contributed by atoms with van der Waals surface area (Å²) >= 11 is 0. The minimum atomic E-state index is -0.0339. The smallest absolute Gasteiger partial charge is 0.108 e. The van der Waals surface area contributed by atoms with Gasteiger partial charge in [-0.1, -0.05) is 0 Å². The molecule has 0 aliphatic heterocycles. The number of aryl methyl sites for hydroxylation is 1. The normalized spacial score (nSPS) is 9.75. The highest BCUT2D eigenvalue weighted by atomic mass is 16.3. The number of rotatable bonds is 1. The summed E-state index contributed by atoms with van der Waals surface area (Å²) < 4.78 is 0. The molecule has 1 heterocycles. The summed E-state index contributed by atoms with van der Waals surface area (Å²) in [5.74, 6) is 0. The second kappa shape index (κ2) is 1.92. The zero-order valence-electron chi connectivity index (χ0n) is 4.57. The van der Waals surface area contributed by atoms with Crippen LogP contribution in [0.2, 0.25) is 0 Å². The molecule has 0 radical (unpaired) electrons. The first-order chi connectivity index (χ1) is 3.83. The Bertz CT molecular complexity index is 172. The first-order valence-corrected chi connectivity index (χ1v) is 2.29. The molecule has 44 valence electrons. The van der Waals surface area contributed by atoms with E-state index < -0.39 is 0 Å². The van der Waals surface area contributed by atoms with E-state index in [9.17, 15) is 0 Å². The minimum Gasteiger partial charge on any atom is -0.390 e. The maximum absolute atomic E-state index is 8.44. The van der Waals surface area contributed by atoms with Crippen molar-refractivity contribution in [3.8, 4) is 0 Å². The zero-order chi connectivity index (χ0) is 5.98. The van der Waals surface area contributed by atoms with Crippen LogP contribution >= 0.6 is 0 Å². The number of aromatic nitrogens is 3. The third-order valence-corrected chi connectivity index (χ3v) is 0.809. The quantitative estimate of drug-likeness (QED) is 0.524. The summed E-state index contributed by atoms with van der Waals surface area (Å²) in [5, 5.41) is 16.0. The Labute approximate surface area is 46.8 Å². The van der Waals surface area contributed by atoms with Crippen LogP contribution in [0.5, 0.6) is 0 Å². The van der Waals surface area contributed by atoms with Gasteiger partial charge in [-0.2, -0.15) is 15.0 Å². The van der Waals surface area contributed by atoms with Crippen molar-refractivity contribution >= 4 is 0 Å². The number of aliphatic hydroxyl groups is 1. The Hall–Kier alpha value is -0.900. The largest absolute Gasteiger partial charge is 0.390 e. The summed E-state index contributed by atoms with van der Waals surface area (Å²) in [6.45, 7) is -0.0339. The van der Waals surface area contributed by atoms with E-state index in [1.165, 1.54) is 11.0 Å². The van der Waals surface area contributed by atoms with Gasteiger partial charge in [0.15, 0.2) is 0 Å². The van der Waals surface area contributed by atoms with Crippen molar-refractivity contribution in [3.63, 3.8) is 0 Å². The van der Waals surface area contributed by atoms with E-state index in [4.69, 9.17) is 5.11 Å². The Kier molecular flexibility index (Phi) is 1.26. The number of hydrogen-bond donors (Lipinski definition) is 1. The lowest BCUT2D eigenvalue weighted by molar-refractivity contribution is 0.275. The van der Waals surface area contributed by atoms with E-state index in [0.29, 0.717) is 5.69 Å². The molecule has 0 saturated carbocycles. The van der Waals surface area contributed by atoms with E-state index in [-0.39, 0.29) is 6.61 Å². The van der Waals surface area contributed by atoms with Gasteiger partial charge in [0.2, 0.25) is 0 Å². The molecule has 0 bridgehead atoms. The van der Waals surface area contributed by atoms with Gasteiger partial charge in [-0.25, -0.2) is 0 Å². The van der Waals surface area contributed by atoms with Crippen LogP contribution in [0.25, 0.3) is 0 Å². The molecule has 0 unspecified atom stereocenters. The molecule has 1 aromatic heterocycles. The number of aliphatic hydroxyl groups excluding tert-OH is 1. The van der Waals surface area contributed by atoms with Crippen LogP contribution in [0.1, 0.15) is 5.69 Å². The fourth-order valence-electron chi connectivity index (χ4n) is 0.460. The summed E-state index contributed by atoms with van der Waals surface area (Å²) in [6.07, 6.45) is 1.53. The highest BCUT2D eigenvalue weighted by molar-refractivity contribution is 4.86. The maximum Gasteiger partial charge on any atom is 0.108 e. The summed E-state index contributed by atoms with van der Waals surface area (Å²) in [4.78, 5) is 1.41. The molecule has 0 aromatic carbocycles. The lowest BCUT2D eigenvalue weighted by Crippen LogP contribution is -1.92. The van der Waals surface area contributed by atoms with Crippen LogP contribution in [0.15, 0.2) is 6.20 Å². The van der Waals surface area contributed by atoms with E-state index in [2.05, 4.69) is 10.2 Å². The number of hydrogen-bond acceptors (Lipinski definition) is 3. The van der Waals surface area contributed by atoms with E-state index in [1.807, 2.05) is 0 Å². The van der Waals surface area contributed by atoms with Crippen LogP contribution in [0.4, 0.5) is 0 Å². The average Bonchev–Trinajstić information content (AvgIpc) is 2.14. The highest BCUT2D eigenvalue weighted by Crippen LogP contribution is 1.86. The SMILES string of the molecule is Cn1ncc(CO)n1. The molecule has 0 aliphatic carbocycles. The molecule has 4 heteroatoms. The molecular formula is C4H7N3O. The van der Waals surface area contributed by atoms with Gasteiger partial charge in [0.05, 0.1) is 12.8 Å². The van der Waals surface area contributed by atoms with E-state index in [0.717, 1.165) is 0 Å². The van der Waals surface area contributed by atoms with Crippen LogP contribution in [-0.4, -0.2) is 20.1 Å². The van der Waals surface area contributed by atoms with Crippen LogP contribution in [0.3, 0.4) is 0 Å². The van der Waals surface area contributed by atoms with Crippen LogP contribution in [0, 0.1) is 0 Å². The monoisotopic (exact) mass is 113 g/mol. The van der Waals surface area contributed by atoms with Crippen molar-refractivity contribution in [1.29, 1.82) is 0 Å². The Morgan fingerprint density at radius 2 is 2.62 bits per heavy atom. The van der Waals surface area contributed by atoms with Gasteiger partial charge in [0.1, 0.15) is 5.69 Å². The molecule has 4 nitrogen and oxygen atoms in total. The lowest BCUT2D eigenvalue weighted by atomic mass is 10.5. The van der Waals surface area contributed by atoms with Gasteiger partial charge in [0, 0.05) is 7.05 Å². The van der Waals surface area contributed by atoms with Gasteiger partial charge in [-0.15, -0.1) is 0 Å². The Balaban J connectivity index is 2.84. The number of nitrogens with zero attached hydrogens (tertiary/aromatic N) is 3. The van der Waals surface area contributed by atoms with Gasteiger partial charge in [0.25, 0.3) is 0 Å². The van der Waals surface area contributed by atoms with Crippen molar-refractivity contribution in [2.45, 2.75) is 6.61 Å². The molecule has 0 atom stereocenters. The predicted octanol–water partition coefficient (Wildman–Crippen LogP) is -0.693. The second-order valence-electron chi connectivity index (χ2n) is 1.48. The third kappa shape index (κ3) is 0.840. The second-order valence-corrected chi connectivity index (χ2v) is 1.48. The van der Waals surface area contributed by atoms with Crippen molar-refractivity contribution in [1.82, 2.24) is 15.0 Å². The molecule has 0 aliphatic rings. The van der Waals surface area contributed by atoms with E-state index >= 15 is 0 Å². The maximum atomic E-state index is 8.44. The van der Waals surface area contributed by atoms with Gasteiger partial charge in [-0.3, -0.25) is 0 Å². The zero-order valence-corrected chi connectivity index (χ0v) is 4.57. The molecule has 0 amide bonds. The first-order valence-electron chi connectivity index (χ1n) is 2.29.